The number of carbonyl (C=O) groups is 1. The van der Waals surface area contributed by atoms with Gasteiger partial charge in [0.15, 0.2) is 41.7 Å². The monoisotopic (exact) mass is 820 g/mol. The molecule has 0 aromatic carbocycles. The van der Waals surface area contributed by atoms with Crippen molar-refractivity contribution in [2.75, 3.05) is 31.8 Å². The van der Waals surface area contributed by atoms with Gasteiger partial charge in [-0.2, -0.15) is 8.88 Å². The van der Waals surface area contributed by atoms with Gasteiger partial charge in [-0.15, -0.1) is 5.10 Å². The first-order valence-electron chi connectivity index (χ1n) is 16.1. The van der Waals surface area contributed by atoms with Crippen molar-refractivity contribution in [2.24, 2.45) is 5.73 Å². The molecule has 0 aliphatic carbocycles. The number of halogens is 1. The van der Waals surface area contributed by atoms with Gasteiger partial charge < -0.3 is 55.5 Å². The number of carbonyl (C=O) groups excluding carboxylic acids is 1. The smallest absolute Gasteiger partial charge is 0.387 e. The summed E-state index contributed by atoms with van der Waals surface area (Å²) in [5.41, 5.74) is 6.20. The van der Waals surface area contributed by atoms with Crippen LogP contribution in [-0.2, 0) is 50.0 Å². The van der Waals surface area contributed by atoms with Crippen molar-refractivity contribution < 1.29 is 80.7 Å². The third-order valence-electron chi connectivity index (χ3n) is 8.19. The summed E-state index contributed by atoms with van der Waals surface area (Å²) < 4.78 is 71.4. The van der Waals surface area contributed by atoms with Gasteiger partial charge in [-0.25, -0.2) is 33.2 Å². The summed E-state index contributed by atoms with van der Waals surface area (Å²) in [4.78, 5) is 44.4. The van der Waals surface area contributed by atoms with Gasteiger partial charge in [-0.1, -0.05) is 5.21 Å². The highest BCUT2D eigenvalue weighted by Gasteiger charge is 2.50. The van der Waals surface area contributed by atoms with E-state index in [0.717, 1.165) is 0 Å². The van der Waals surface area contributed by atoms with Gasteiger partial charge in [-0.3, -0.25) is 18.4 Å². The molecule has 2 fully saturated rings. The number of aliphatic hydroxyl groups excluding tert-OH is 4. The molecule has 2 aliphatic heterocycles. The number of primary amides is 1. The standard InChI is InChI=1S/C27H35FN10O15P2/c28-3-5-48-13-37-8-15(34-35-37)6-30-24-18-25(32-11-31-24)38(12-33-18)27-22(42)20(40)17(52-27)10-50-55(46,47)53-54(44,45)49-9-16-19(39)21(41)26(51-16)36-4-1-2-14(7-36)23(29)43/h1-2,4,7-8,11-12,16-17,19-22,26-27,39-42H,3,5-6,9-10,13H2,(H4-,29,30,31,32,43,44,45,46,47)/p+1/i28-1. The van der Waals surface area contributed by atoms with Crippen molar-refractivity contribution in [1.29, 1.82) is 0 Å². The summed E-state index contributed by atoms with van der Waals surface area (Å²) in [5, 5.41) is 53.2. The fourth-order valence-corrected chi connectivity index (χ4v) is 7.65. The van der Waals surface area contributed by atoms with E-state index >= 15 is 0 Å². The molecule has 2 saturated heterocycles. The number of fused-ring (bicyclic) bond motifs is 1. The number of nitrogens with two attached hydrogens (primary N) is 1. The molecular formula is C27H36FN10O15P2+. The van der Waals surface area contributed by atoms with E-state index in [4.69, 9.17) is 29.0 Å². The van der Waals surface area contributed by atoms with Crippen LogP contribution in [0.25, 0.3) is 11.2 Å². The minimum absolute atomic E-state index is 0.00821. The third kappa shape index (κ3) is 9.53. The van der Waals surface area contributed by atoms with Crippen LogP contribution in [0, 0.1) is 0 Å². The van der Waals surface area contributed by atoms with Crippen LogP contribution in [0.3, 0.4) is 0 Å². The molecular weight excluding hydrogens is 784 g/mol. The quantitative estimate of drug-likeness (QED) is 0.0293. The van der Waals surface area contributed by atoms with Crippen LogP contribution in [0.5, 0.6) is 0 Å². The molecule has 10 atom stereocenters. The van der Waals surface area contributed by atoms with E-state index in [1.54, 1.807) is 6.20 Å². The van der Waals surface area contributed by atoms with Crippen molar-refractivity contribution in [1.82, 2.24) is 34.5 Å². The Morgan fingerprint density at radius 2 is 1.73 bits per heavy atom. The van der Waals surface area contributed by atoms with Crippen molar-refractivity contribution in [3.8, 4) is 0 Å². The second-order valence-electron chi connectivity index (χ2n) is 12.0. The molecule has 25 nitrogen and oxygen atoms in total. The van der Waals surface area contributed by atoms with E-state index in [0.29, 0.717) is 5.69 Å². The average Bonchev–Trinajstić information content (AvgIpc) is 3.92. The van der Waals surface area contributed by atoms with Crippen LogP contribution < -0.4 is 15.6 Å². The predicted octanol–water partition coefficient (Wildman–Crippen LogP) is -2.45. The van der Waals surface area contributed by atoms with Crippen LogP contribution in [0.15, 0.2) is 43.4 Å². The molecule has 300 valence electrons. The number of aliphatic hydroxyl groups is 4. The third-order valence-corrected chi connectivity index (χ3v) is 10.8. The van der Waals surface area contributed by atoms with E-state index in [9.17, 15) is 48.5 Å². The van der Waals surface area contributed by atoms with Crippen LogP contribution in [-0.4, -0.2) is 134 Å². The number of ether oxygens (including phenoxy) is 3. The van der Waals surface area contributed by atoms with Crippen LogP contribution in [0.4, 0.5) is 10.2 Å². The minimum Gasteiger partial charge on any atom is -0.387 e. The number of rotatable bonds is 18. The van der Waals surface area contributed by atoms with Gasteiger partial charge in [0, 0.05) is 6.07 Å². The van der Waals surface area contributed by atoms with E-state index in [1.807, 2.05) is 0 Å². The van der Waals surface area contributed by atoms with Crippen LogP contribution in [0.1, 0.15) is 28.5 Å². The molecule has 0 spiro atoms. The first kappa shape index (κ1) is 40.7. The number of anilines is 1. The fraction of sp³-hybridized carbons (Fsp3) is 0.519. The zero-order valence-corrected chi connectivity index (χ0v) is 30.0. The van der Waals surface area contributed by atoms with Gasteiger partial charge in [0.1, 0.15) is 61.5 Å². The maximum Gasteiger partial charge on any atom is 0.481 e. The van der Waals surface area contributed by atoms with E-state index < -0.39 is 90.5 Å². The molecule has 10 unspecified atom stereocenters. The van der Waals surface area contributed by atoms with Gasteiger partial charge in [-0.05, 0) is 6.07 Å². The fourth-order valence-electron chi connectivity index (χ4n) is 5.56. The van der Waals surface area contributed by atoms with Crippen LogP contribution >= 0.6 is 15.6 Å². The van der Waals surface area contributed by atoms with Gasteiger partial charge in [0.25, 0.3) is 12.1 Å². The summed E-state index contributed by atoms with van der Waals surface area (Å²) >= 11 is 0. The van der Waals surface area contributed by atoms with Gasteiger partial charge in [0.2, 0.25) is 0 Å². The molecule has 4 aromatic rings. The number of alkyl halides is 1. The van der Waals surface area contributed by atoms with Gasteiger partial charge in [0.05, 0.1) is 38.9 Å². The number of nitrogens with one attached hydrogen (secondary N) is 1. The lowest BCUT2D eigenvalue weighted by Crippen LogP contribution is -2.46. The molecule has 1 amide bonds. The highest BCUT2D eigenvalue weighted by atomic mass is 31.3. The molecule has 9 N–H and O–H groups in total. The van der Waals surface area contributed by atoms with E-state index in [-0.39, 0.29) is 42.4 Å². The Balaban J connectivity index is 1.02. The second kappa shape index (κ2) is 17.0. The van der Waals surface area contributed by atoms with E-state index in [2.05, 4.69) is 34.9 Å². The van der Waals surface area contributed by atoms with Crippen molar-refractivity contribution >= 4 is 38.5 Å². The number of hydrogen-bond donors (Lipinski definition) is 8. The number of nitrogens with zero attached hydrogens (tertiary/aromatic N) is 8. The first-order chi connectivity index (χ1) is 26.2. The summed E-state index contributed by atoms with van der Waals surface area (Å²) in [7, 11) is -10.9. The maximum absolute atomic E-state index is 12.6. The second-order valence-corrected chi connectivity index (χ2v) is 15.0. The lowest BCUT2D eigenvalue weighted by atomic mass is 10.1. The Kier molecular flexibility index (Phi) is 12.6. The number of pyridine rings is 1. The maximum atomic E-state index is 12.6. The van der Waals surface area contributed by atoms with E-state index in [1.165, 1.54) is 51.0 Å². The summed E-state index contributed by atoms with van der Waals surface area (Å²) in [6.45, 7) is -2.43. The normalized spacial score (nSPS) is 27.6. The summed E-state index contributed by atoms with van der Waals surface area (Å²) in [6.07, 6.45) is -5.53. The molecule has 6 heterocycles. The molecule has 0 radical (unpaired) electrons. The zero-order valence-electron chi connectivity index (χ0n) is 28.2. The molecule has 55 heavy (non-hydrogen) atoms. The topological polar surface area (TPSA) is 344 Å². The number of imidazole rings is 1. The Hall–Kier alpha value is -3.98. The lowest BCUT2D eigenvalue weighted by molar-refractivity contribution is -0.765. The Labute approximate surface area is 308 Å². The molecule has 6 rings (SSSR count). The molecule has 2 aliphatic rings. The Bertz CT molecular complexity index is 2060. The number of amides is 1. The lowest BCUT2D eigenvalue weighted by Gasteiger charge is -2.20. The number of phosphoric ester groups is 2. The first-order valence-corrected chi connectivity index (χ1v) is 19.1. The highest BCUT2D eigenvalue weighted by Crippen LogP contribution is 2.60. The number of hydrogen-bond acceptors (Lipinski definition) is 19. The van der Waals surface area contributed by atoms with Crippen molar-refractivity contribution in [3.63, 3.8) is 0 Å². The number of aromatic nitrogens is 8. The van der Waals surface area contributed by atoms with Crippen molar-refractivity contribution in [2.45, 2.75) is 62.4 Å². The molecule has 0 saturated carbocycles. The predicted molar refractivity (Wildman–Crippen MR) is 174 cm³/mol. The van der Waals surface area contributed by atoms with Crippen molar-refractivity contribution in [3.05, 3.63) is 54.6 Å². The molecule has 28 heteroatoms. The SMILES string of the molecule is NC(=O)c1ccc[n+](C2OC(COP(=O)(O)OP(=O)(O)OCC3OC(n4cnc5c(NCc6cn(COCC[18F])nn6)ncnc54)C(O)C3O)C(O)C2O)c1. The number of phosphoric acid groups is 2. The Morgan fingerprint density at radius 1 is 1.02 bits per heavy atom. The summed E-state index contributed by atoms with van der Waals surface area (Å²) in [6, 6.07) is 2.83. The minimum atomic E-state index is -5.43. The molecule has 0 bridgehead atoms. The van der Waals surface area contributed by atoms with Gasteiger partial charge >= 0.3 is 15.6 Å². The largest absolute Gasteiger partial charge is 0.481 e. The highest BCUT2D eigenvalue weighted by molar-refractivity contribution is 7.61. The zero-order chi connectivity index (χ0) is 39.5. The van der Waals surface area contributed by atoms with Crippen LogP contribution in [0.2, 0.25) is 0 Å². The molecule has 4 aromatic heterocycles. The Morgan fingerprint density at radius 3 is 2.44 bits per heavy atom. The average molecular weight is 821 g/mol. The summed E-state index contributed by atoms with van der Waals surface area (Å²) in [5.74, 6) is -0.518.